The fourth-order valence-corrected chi connectivity index (χ4v) is 0.805. The van der Waals surface area contributed by atoms with Gasteiger partial charge >= 0.3 is 0 Å². The lowest BCUT2D eigenvalue weighted by Crippen LogP contribution is -2.04. The van der Waals surface area contributed by atoms with Crippen LogP contribution in [0.1, 0.15) is 74.7 Å². The summed E-state index contributed by atoms with van der Waals surface area (Å²) >= 11 is 0. The standard InChI is InChI=1S/C8H18.C4H10.CH4.H3N/c1-5-7(3)8(4)6-2;1-3-4-2;;/h7-8H,5-6H2,1-4H3;3-4H2,1-2H3;1H4;1H3. The number of hydrogen-bond donors (Lipinski definition) is 1. The molecular weight excluding hydrogens is 170 g/mol. The highest BCUT2D eigenvalue weighted by Gasteiger charge is 2.05. The summed E-state index contributed by atoms with van der Waals surface area (Å²) in [4.78, 5) is 0. The predicted octanol–water partition coefficient (Wildman–Crippen LogP) is 5.68. The van der Waals surface area contributed by atoms with Crippen molar-refractivity contribution < 1.29 is 0 Å². The molecule has 2 unspecified atom stereocenters. The maximum atomic E-state index is 2.33. The molecule has 3 N–H and O–H groups in total. The summed E-state index contributed by atoms with van der Waals surface area (Å²) < 4.78 is 0. The normalized spacial score (nSPS) is 12.4. The molecular formula is C13H35N. The lowest BCUT2D eigenvalue weighted by Gasteiger charge is -2.14. The highest BCUT2D eigenvalue weighted by Crippen LogP contribution is 2.16. The molecule has 0 aliphatic carbocycles. The highest BCUT2D eigenvalue weighted by atomic mass is 14.1. The molecule has 0 heterocycles. The topological polar surface area (TPSA) is 35.0 Å². The van der Waals surface area contributed by atoms with Gasteiger partial charge in [0.15, 0.2) is 0 Å². The molecule has 0 aliphatic heterocycles. The van der Waals surface area contributed by atoms with Crippen molar-refractivity contribution in [1.82, 2.24) is 6.15 Å². The highest BCUT2D eigenvalue weighted by molar-refractivity contribution is 4.56. The van der Waals surface area contributed by atoms with Gasteiger partial charge in [-0.15, -0.1) is 0 Å². The van der Waals surface area contributed by atoms with Crippen molar-refractivity contribution >= 4 is 0 Å². The minimum atomic E-state index is 0. The van der Waals surface area contributed by atoms with Crippen LogP contribution in [0.15, 0.2) is 0 Å². The largest absolute Gasteiger partial charge is 0.344 e. The van der Waals surface area contributed by atoms with Gasteiger partial charge in [0, 0.05) is 0 Å². The van der Waals surface area contributed by atoms with Crippen molar-refractivity contribution in [2.24, 2.45) is 11.8 Å². The van der Waals surface area contributed by atoms with Gasteiger partial charge in [-0.25, -0.2) is 0 Å². The van der Waals surface area contributed by atoms with E-state index < -0.39 is 0 Å². The van der Waals surface area contributed by atoms with Crippen molar-refractivity contribution in [3.8, 4) is 0 Å². The SMILES string of the molecule is C.CCC(C)C(C)CC.CCCC.N. The molecule has 0 radical (unpaired) electrons. The third kappa shape index (κ3) is 17.9. The maximum Gasteiger partial charge on any atom is -0.0420 e. The molecule has 0 aliphatic rings. The quantitative estimate of drug-likeness (QED) is 0.629. The lowest BCUT2D eigenvalue weighted by atomic mass is 9.92. The lowest BCUT2D eigenvalue weighted by molar-refractivity contribution is 0.367. The first-order valence-corrected chi connectivity index (χ1v) is 5.63. The van der Waals surface area contributed by atoms with E-state index in [-0.39, 0.29) is 13.6 Å². The van der Waals surface area contributed by atoms with Gasteiger partial charge in [-0.2, -0.15) is 0 Å². The molecule has 0 aromatic carbocycles. The summed E-state index contributed by atoms with van der Waals surface area (Å²) in [6.45, 7) is 13.5. The average molecular weight is 205 g/mol. The Labute approximate surface area is 93.3 Å². The fraction of sp³-hybridized carbons (Fsp3) is 1.00. The van der Waals surface area contributed by atoms with Gasteiger partial charge in [0.05, 0.1) is 0 Å². The Morgan fingerprint density at radius 2 is 0.929 bits per heavy atom. The third-order valence-corrected chi connectivity index (χ3v) is 2.76. The summed E-state index contributed by atoms with van der Waals surface area (Å²) in [6, 6.07) is 0. The molecule has 0 aromatic rings. The summed E-state index contributed by atoms with van der Waals surface area (Å²) in [5, 5.41) is 0. The zero-order chi connectivity index (χ0) is 9.98. The van der Waals surface area contributed by atoms with Gasteiger partial charge in [-0.1, -0.05) is 74.7 Å². The van der Waals surface area contributed by atoms with Crippen LogP contribution in [0.25, 0.3) is 0 Å². The Morgan fingerprint density at radius 3 is 1.00 bits per heavy atom. The molecule has 0 amide bonds. The van der Waals surface area contributed by atoms with Crippen LogP contribution in [0.3, 0.4) is 0 Å². The van der Waals surface area contributed by atoms with Crippen molar-refractivity contribution in [2.45, 2.75) is 74.7 Å². The van der Waals surface area contributed by atoms with E-state index in [0.29, 0.717) is 0 Å². The van der Waals surface area contributed by atoms with Crippen molar-refractivity contribution in [1.29, 1.82) is 0 Å². The van der Waals surface area contributed by atoms with E-state index in [1.54, 1.807) is 0 Å². The summed E-state index contributed by atoms with van der Waals surface area (Å²) in [7, 11) is 0. The van der Waals surface area contributed by atoms with Crippen LogP contribution in [-0.2, 0) is 0 Å². The molecule has 0 saturated heterocycles. The summed E-state index contributed by atoms with van der Waals surface area (Å²) in [5.41, 5.74) is 0. The van der Waals surface area contributed by atoms with Crippen LogP contribution in [0.4, 0.5) is 0 Å². The predicted molar refractivity (Wildman–Crippen MR) is 71.2 cm³/mol. The van der Waals surface area contributed by atoms with Gasteiger partial charge in [-0.05, 0) is 11.8 Å². The van der Waals surface area contributed by atoms with Gasteiger partial charge in [0.2, 0.25) is 0 Å². The molecule has 1 heteroatoms. The number of hydrogen-bond acceptors (Lipinski definition) is 1. The second kappa shape index (κ2) is 18.7. The molecule has 0 aromatic heterocycles. The maximum absolute atomic E-state index is 2.33. The van der Waals surface area contributed by atoms with Crippen molar-refractivity contribution in [3.05, 3.63) is 0 Å². The van der Waals surface area contributed by atoms with Gasteiger partial charge in [-0.3, -0.25) is 0 Å². The Morgan fingerprint density at radius 1 is 0.714 bits per heavy atom. The first-order chi connectivity index (χ1) is 5.63. The van der Waals surface area contributed by atoms with E-state index in [2.05, 4.69) is 41.5 Å². The van der Waals surface area contributed by atoms with E-state index in [1.807, 2.05) is 0 Å². The molecule has 0 spiro atoms. The molecule has 92 valence electrons. The minimum absolute atomic E-state index is 0. The second-order valence-electron chi connectivity index (χ2n) is 3.77. The first kappa shape index (κ1) is 23.6. The molecule has 0 bridgehead atoms. The van der Waals surface area contributed by atoms with E-state index in [9.17, 15) is 0 Å². The number of unbranched alkanes of at least 4 members (excludes halogenated alkanes) is 1. The van der Waals surface area contributed by atoms with Crippen LogP contribution in [0.2, 0.25) is 0 Å². The summed E-state index contributed by atoms with van der Waals surface area (Å²) in [5.74, 6) is 1.83. The monoisotopic (exact) mass is 205 g/mol. The first-order valence-electron chi connectivity index (χ1n) is 5.63. The Kier molecular flexibility index (Phi) is 31.5. The molecule has 1 nitrogen and oxygen atoms in total. The molecule has 0 rings (SSSR count). The Balaban J connectivity index is -0.0000000733. The van der Waals surface area contributed by atoms with Crippen molar-refractivity contribution in [3.63, 3.8) is 0 Å². The van der Waals surface area contributed by atoms with Crippen molar-refractivity contribution in [2.75, 3.05) is 0 Å². The fourth-order valence-electron chi connectivity index (χ4n) is 0.805. The summed E-state index contributed by atoms with van der Waals surface area (Å²) in [6.07, 6.45) is 5.30. The van der Waals surface area contributed by atoms with Gasteiger partial charge in [0.25, 0.3) is 0 Å². The van der Waals surface area contributed by atoms with Crippen LogP contribution >= 0.6 is 0 Å². The van der Waals surface area contributed by atoms with E-state index in [4.69, 9.17) is 0 Å². The average Bonchev–Trinajstić information content (AvgIpc) is 2.15. The van der Waals surface area contributed by atoms with E-state index in [0.717, 1.165) is 11.8 Å². The molecule has 14 heavy (non-hydrogen) atoms. The zero-order valence-corrected chi connectivity index (χ0v) is 10.7. The molecule has 0 saturated carbocycles. The van der Waals surface area contributed by atoms with Crippen LogP contribution in [-0.4, -0.2) is 0 Å². The molecule has 2 atom stereocenters. The van der Waals surface area contributed by atoms with Crippen LogP contribution < -0.4 is 6.15 Å². The smallest absolute Gasteiger partial charge is 0.0420 e. The van der Waals surface area contributed by atoms with E-state index in [1.165, 1.54) is 25.7 Å². The van der Waals surface area contributed by atoms with E-state index >= 15 is 0 Å². The van der Waals surface area contributed by atoms with Gasteiger partial charge in [0.1, 0.15) is 0 Å². The number of rotatable bonds is 4. The van der Waals surface area contributed by atoms with Gasteiger partial charge < -0.3 is 6.15 Å². The minimum Gasteiger partial charge on any atom is -0.344 e. The van der Waals surface area contributed by atoms with Crippen LogP contribution in [0, 0.1) is 11.8 Å². The zero-order valence-electron chi connectivity index (χ0n) is 10.7. The third-order valence-electron chi connectivity index (χ3n) is 2.76. The Bertz CT molecular complexity index is 61.6. The second-order valence-corrected chi connectivity index (χ2v) is 3.77. The van der Waals surface area contributed by atoms with Crippen LogP contribution in [0.5, 0.6) is 0 Å². The molecule has 0 fully saturated rings. The Hall–Kier alpha value is -0.0400.